The van der Waals surface area contributed by atoms with Crippen molar-refractivity contribution in [2.75, 3.05) is 5.75 Å². The van der Waals surface area contributed by atoms with Crippen LogP contribution in [0.2, 0.25) is 0 Å². The fourth-order valence-corrected chi connectivity index (χ4v) is 4.16. The lowest BCUT2D eigenvalue weighted by atomic mass is 10.0. The summed E-state index contributed by atoms with van der Waals surface area (Å²) in [5.74, 6) is 0.0239. The molecule has 4 nitrogen and oxygen atoms in total. The van der Waals surface area contributed by atoms with Crippen molar-refractivity contribution in [1.82, 2.24) is 14.6 Å². The van der Waals surface area contributed by atoms with Crippen molar-refractivity contribution in [3.63, 3.8) is 0 Å². The molecule has 0 spiro atoms. The lowest BCUT2D eigenvalue weighted by Gasteiger charge is -2.17. The first-order valence-corrected chi connectivity index (χ1v) is 9.55. The minimum Gasteiger partial charge on any atom is -0.388 e. The van der Waals surface area contributed by atoms with Crippen LogP contribution in [0.15, 0.2) is 59.8 Å². The average molecular weight is 403 g/mol. The van der Waals surface area contributed by atoms with E-state index in [1.807, 2.05) is 41.7 Å². The number of alkyl halides is 3. The molecule has 8 heteroatoms. The molecule has 0 unspecified atom stereocenters. The first kappa shape index (κ1) is 18.8. The molecule has 2 aromatic carbocycles. The number of hydrogen-bond donors (Lipinski definition) is 1. The van der Waals surface area contributed by atoms with E-state index in [9.17, 15) is 18.3 Å². The summed E-state index contributed by atoms with van der Waals surface area (Å²) in [5, 5.41) is 20.3. The van der Waals surface area contributed by atoms with Crippen LogP contribution in [0.25, 0.3) is 16.6 Å². The highest BCUT2D eigenvalue weighted by Crippen LogP contribution is 2.36. The number of aliphatic hydroxyl groups excluding tert-OH is 1. The SMILES string of the molecule is Cc1cc2nnc(SC[C@H](O)c3ccccc3C(F)(F)F)n2c2ccccc12. The maximum absolute atomic E-state index is 13.2. The van der Waals surface area contributed by atoms with Gasteiger partial charge in [0, 0.05) is 11.1 Å². The van der Waals surface area contributed by atoms with Crippen molar-refractivity contribution in [3.05, 3.63) is 71.3 Å². The van der Waals surface area contributed by atoms with Gasteiger partial charge in [-0.3, -0.25) is 4.40 Å². The summed E-state index contributed by atoms with van der Waals surface area (Å²) in [4.78, 5) is 0. The maximum atomic E-state index is 13.2. The molecule has 1 atom stereocenters. The zero-order chi connectivity index (χ0) is 19.9. The topological polar surface area (TPSA) is 50.4 Å². The number of halogens is 3. The lowest BCUT2D eigenvalue weighted by molar-refractivity contribution is -0.139. The van der Waals surface area contributed by atoms with Gasteiger partial charge in [0.15, 0.2) is 10.8 Å². The largest absolute Gasteiger partial charge is 0.416 e. The third-order valence-corrected chi connectivity index (χ3v) is 5.57. The summed E-state index contributed by atoms with van der Waals surface area (Å²) in [7, 11) is 0. The second kappa shape index (κ2) is 7.10. The molecular weight excluding hydrogens is 387 g/mol. The average Bonchev–Trinajstić information content (AvgIpc) is 3.08. The summed E-state index contributed by atoms with van der Waals surface area (Å²) in [6.07, 6.45) is -5.80. The van der Waals surface area contributed by atoms with Gasteiger partial charge in [0.25, 0.3) is 0 Å². The van der Waals surface area contributed by atoms with E-state index >= 15 is 0 Å². The van der Waals surface area contributed by atoms with Crippen LogP contribution < -0.4 is 0 Å². The number of rotatable bonds is 4. The Morgan fingerprint density at radius 2 is 1.79 bits per heavy atom. The molecule has 0 aliphatic carbocycles. The predicted octanol–water partition coefficient (Wildman–Crippen LogP) is 5.04. The van der Waals surface area contributed by atoms with E-state index in [0.29, 0.717) is 10.8 Å². The summed E-state index contributed by atoms with van der Waals surface area (Å²) >= 11 is 1.17. The van der Waals surface area contributed by atoms with E-state index in [2.05, 4.69) is 10.2 Å². The molecule has 0 fully saturated rings. The Kier molecular flexibility index (Phi) is 4.76. The van der Waals surface area contributed by atoms with Crippen molar-refractivity contribution >= 4 is 28.3 Å². The second-order valence-electron chi connectivity index (χ2n) is 6.43. The van der Waals surface area contributed by atoms with Crippen LogP contribution in [0.3, 0.4) is 0 Å². The number of nitrogens with zero attached hydrogens (tertiary/aromatic N) is 3. The smallest absolute Gasteiger partial charge is 0.388 e. The summed E-state index contributed by atoms with van der Waals surface area (Å²) in [5.41, 5.74) is 1.66. The minimum absolute atomic E-state index is 0.0239. The van der Waals surface area contributed by atoms with E-state index in [-0.39, 0.29) is 11.3 Å². The molecule has 0 saturated carbocycles. The second-order valence-corrected chi connectivity index (χ2v) is 7.42. The molecule has 0 bridgehead atoms. The highest BCUT2D eigenvalue weighted by atomic mass is 32.2. The van der Waals surface area contributed by atoms with Crippen LogP contribution in [-0.4, -0.2) is 25.5 Å². The molecule has 144 valence electrons. The van der Waals surface area contributed by atoms with E-state index in [4.69, 9.17) is 0 Å². The highest BCUT2D eigenvalue weighted by molar-refractivity contribution is 7.99. The maximum Gasteiger partial charge on any atom is 0.416 e. The van der Waals surface area contributed by atoms with Gasteiger partial charge in [-0.05, 0) is 36.2 Å². The molecule has 0 radical (unpaired) electrons. The molecule has 4 aromatic rings. The first-order chi connectivity index (χ1) is 13.4. The summed E-state index contributed by atoms with van der Waals surface area (Å²) in [6, 6.07) is 14.8. The Bertz CT molecular complexity index is 1160. The van der Waals surface area contributed by atoms with Crippen LogP contribution in [-0.2, 0) is 6.18 Å². The first-order valence-electron chi connectivity index (χ1n) is 8.56. The monoisotopic (exact) mass is 403 g/mol. The van der Waals surface area contributed by atoms with Gasteiger partial charge in [0.2, 0.25) is 0 Å². The Morgan fingerprint density at radius 1 is 1.07 bits per heavy atom. The van der Waals surface area contributed by atoms with E-state index in [1.165, 1.54) is 30.0 Å². The van der Waals surface area contributed by atoms with Crippen LogP contribution in [0.5, 0.6) is 0 Å². The molecule has 4 rings (SSSR count). The van der Waals surface area contributed by atoms with Crippen LogP contribution in [0.1, 0.15) is 22.8 Å². The van der Waals surface area contributed by atoms with Crippen molar-refractivity contribution in [3.8, 4) is 0 Å². The van der Waals surface area contributed by atoms with Gasteiger partial charge in [0.05, 0.1) is 17.2 Å². The normalized spacial score (nSPS) is 13.3. The third kappa shape index (κ3) is 3.33. The third-order valence-electron chi connectivity index (χ3n) is 4.57. The van der Waals surface area contributed by atoms with Gasteiger partial charge in [-0.15, -0.1) is 10.2 Å². The standard InChI is InChI=1S/C20H16F3N3OS/c1-12-10-18-24-25-19(26(18)16-9-5-3-6-13(12)16)28-11-17(27)14-7-2-4-8-15(14)20(21,22)23/h2-10,17,27H,11H2,1H3/t17-/m0/s1. The fourth-order valence-electron chi connectivity index (χ4n) is 3.26. The lowest BCUT2D eigenvalue weighted by Crippen LogP contribution is -2.13. The Morgan fingerprint density at radius 3 is 2.57 bits per heavy atom. The number of para-hydroxylation sites is 1. The van der Waals surface area contributed by atoms with Gasteiger partial charge in [-0.25, -0.2) is 0 Å². The van der Waals surface area contributed by atoms with Gasteiger partial charge in [-0.2, -0.15) is 13.2 Å². The number of aliphatic hydroxyl groups is 1. The Hall–Kier alpha value is -2.58. The number of aromatic nitrogens is 3. The number of hydrogen-bond acceptors (Lipinski definition) is 4. The van der Waals surface area contributed by atoms with Gasteiger partial charge < -0.3 is 5.11 Å². The minimum atomic E-state index is -4.52. The summed E-state index contributed by atoms with van der Waals surface area (Å²) < 4.78 is 41.5. The van der Waals surface area contributed by atoms with Crippen molar-refractivity contribution in [2.45, 2.75) is 24.4 Å². The molecule has 0 saturated heterocycles. The molecule has 28 heavy (non-hydrogen) atoms. The number of pyridine rings is 1. The Balaban J connectivity index is 1.67. The number of benzene rings is 2. The van der Waals surface area contributed by atoms with Gasteiger partial charge in [-0.1, -0.05) is 48.2 Å². The molecule has 0 amide bonds. The quantitative estimate of drug-likeness (QED) is 0.485. The molecule has 2 heterocycles. The van der Waals surface area contributed by atoms with Crippen LogP contribution in [0, 0.1) is 6.92 Å². The van der Waals surface area contributed by atoms with E-state index in [0.717, 1.165) is 22.5 Å². The van der Waals surface area contributed by atoms with E-state index < -0.39 is 17.8 Å². The molecule has 1 N–H and O–H groups in total. The zero-order valence-corrected chi connectivity index (χ0v) is 15.6. The molecule has 0 aliphatic heterocycles. The van der Waals surface area contributed by atoms with Crippen LogP contribution >= 0.6 is 11.8 Å². The van der Waals surface area contributed by atoms with E-state index in [1.54, 1.807) is 0 Å². The number of aryl methyl sites for hydroxylation is 1. The van der Waals surface area contributed by atoms with Crippen molar-refractivity contribution in [2.24, 2.45) is 0 Å². The summed E-state index contributed by atoms with van der Waals surface area (Å²) in [6.45, 7) is 1.99. The zero-order valence-electron chi connectivity index (χ0n) is 14.8. The number of fused-ring (bicyclic) bond motifs is 3. The predicted molar refractivity (Wildman–Crippen MR) is 102 cm³/mol. The van der Waals surface area contributed by atoms with Crippen molar-refractivity contribution in [1.29, 1.82) is 0 Å². The fraction of sp³-hybridized carbons (Fsp3) is 0.200. The number of thioether (sulfide) groups is 1. The molecule has 0 aliphatic rings. The molecular formula is C20H16F3N3OS. The highest BCUT2D eigenvalue weighted by Gasteiger charge is 2.34. The van der Waals surface area contributed by atoms with Crippen molar-refractivity contribution < 1.29 is 18.3 Å². The Labute approximate surface area is 163 Å². The van der Waals surface area contributed by atoms with Gasteiger partial charge in [0.1, 0.15) is 0 Å². The molecule has 2 aromatic heterocycles. The van der Waals surface area contributed by atoms with Crippen LogP contribution in [0.4, 0.5) is 13.2 Å². The van der Waals surface area contributed by atoms with Gasteiger partial charge >= 0.3 is 6.18 Å².